The van der Waals surface area contributed by atoms with E-state index in [1.54, 1.807) is 13.0 Å². The largest absolute Gasteiger partial charge is 0.507 e. The van der Waals surface area contributed by atoms with E-state index in [4.69, 9.17) is 14.2 Å². The third kappa shape index (κ3) is 4.44. The van der Waals surface area contributed by atoms with Gasteiger partial charge in [0.05, 0.1) is 17.7 Å². The van der Waals surface area contributed by atoms with Crippen molar-refractivity contribution in [2.24, 2.45) is 5.92 Å². The predicted octanol–water partition coefficient (Wildman–Crippen LogP) is 1.35. The maximum Gasteiger partial charge on any atom is 0.331 e. The van der Waals surface area contributed by atoms with Crippen molar-refractivity contribution in [3.8, 4) is 11.5 Å². The minimum atomic E-state index is -1.76. The molecule has 2 fully saturated rings. The zero-order valence-corrected chi connectivity index (χ0v) is 23.8. The summed E-state index contributed by atoms with van der Waals surface area (Å²) in [5.41, 5.74) is 0.806. The third-order valence-electron chi connectivity index (χ3n) is 8.75. The fourth-order valence-corrected chi connectivity index (χ4v) is 6.32. The quantitative estimate of drug-likeness (QED) is 0.303. The Kier molecular flexibility index (Phi) is 7.30. The number of phenols is 1. The van der Waals surface area contributed by atoms with Crippen LogP contribution in [0.4, 0.5) is 0 Å². The zero-order chi connectivity index (χ0) is 30.9. The molecule has 3 aliphatic heterocycles. The van der Waals surface area contributed by atoms with Gasteiger partial charge in [-0.2, -0.15) is 0 Å². The molecule has 228 valence electrons. The van der Waals surface area contributed by atoms with Crippen molar-refractivity contribution in [3.63, 3.8) is 0 Å². The van der Waals surface area contributed by atoms with E-state index in [1.807, 2.05) is 13.8 Å². The molecular weight excluding hydrogens is 562 g/mol. The van der Waals surface area contributed by atoms with Crippen LogP contribution in [-0.4, -0.2) is 91.3 Å². The highest BCUT2D eigenvalue weighted by atomic mass is 16.7. The number of carbonyl (C=O) groups is 3. The van der Waals surface area contributed by atoms with Crippen molar-refractivity contribution in [1.82, 2.24) is 4.90 Å². The van der Waals surface area contributed by atoms with Crippen molar-refractivity contribution >= 4 is 23.1 Å². The first kappa shape index (κ1) is 29.3. The number of Topliss-reactive ketones (excluding diaryl/α,β-unsaturated/α-hetero) is 2. The van der Waals surface area contributed by atoms with E-state index in [2.05, 4.69) is 0 Å². The van der Waals surface area contributed by atoms with Gasteiger partial charge in [-0.3, -0.25) is 9.59 Å². The lowest BCUT2D eigenvalue weighted by Crippen LogP contribution is -2.60. The molecule has 0 amide bonds. The number of phenolic OH excluding ortho intramolecular Hbond substituents is 1. The number of carbonyl (C=O) groups excluding carboxylic acids is 3. The summed E-state index contributed by atoms with van der Waals surface area (Å²) >= 11 is 0. The van der Waals surface area contributed by atoms with Gasteiger partial charge in [-0.1, -0.05) is 32.4 Å². The number of ether oxygens (including phenoxy) is 3. The molecule has 2 aromatic rings. The monoisotopic (exact) mass is 595 g/mol. The SMILES string of the molecule is CCC(C)C[C@@H]1C(=O)OC2c3cc(C)cc(O)c3C3=C(C(=O)c4c(OC5OC(CO)C(O)C(O)C5O)cccc4C3=O)N21. The Morgan fingerprint density at radius 3 is 2.47 bits per heavy atom. The molecule has 12 nitrogen and oxygen atoms in total. The van der Waals surface area contributed by atoms with Crippen LogP contribution in [0.2, 0.25) is 0 Å². The van der Waals surface area contributed by atoms with Crippen molar-refractivity contribution in [3.05, 3.63) is 63.8 Å². The molecule has 1 aliphatic carbocycles. The lowest BCUT2D eigenvalue weighted by molar-refractivity contribution is -0.277. The van der Waals surface area contributed by atoms with Gasteiger partial charge in [0.25, 0.3) is 0 Å². The number of fused-ring (bicyclic) bond motifs is 6. The van der Waals surface area contributed by atoms with Gasteiger partial charge in [0.2, 0.25) is 18.3 Å². The topological polar surface area (TPSA) is 183 Å². The highest BCUT2D eigenvalue weighted by Gasteiger charge is 2.54. The molecule has 7 unspecified atom stereocenters. The molecule has 0 bridgehead atoms. The van der Waals surface area contributed by atoms with Crippen LogP contribution in [0.5, 0.6) is 11.5 Å². The molecule has 12 heteroatoms. The molecule has 5 N–H and O–H groups in total. The molecule has 0 aromatic heterocycles. The van der Waals surface area contributed by atoms with Crippen LogP contribution >= 0.6 is 0 Å². The van der Waals surface area contributed by atoms with E-state index >= 15 is 0 Å². The van der Waals surface area contributed by atoms with Gasteiger partial charge in [-0.05, 0) is 43.0 Å². The number of aliphatic hydroxyl groups excluding tert-OH is 4. The van der Waals surface area contributed by atoms with Crippen LogP contribution in [0.3, 0.4) is 0 Å². The second kappa shape index (κ2) is 10.7. The number of aryl methyl sites for hydroxylation is 1. The molecule has 0 spiro atoms. The van der Waals surface area contributed by atoms with Crippen molar-refractivity contribution in [2.45, 2.75) is 76.6 Å². The molecule has 43 heavy (non-hydrogen) atoms. The van der Waals surface area contributed by atoms with Crippen LogP contribution < -0.4 is 4.74 Å². The highest BCUT2D eigenvalue weighted by molar-refractivity contribution is 6.41. The van der Waals surface area contributed by atoms with Crippen LogP contribution in [0.1, 0.15) is 70.3 Å². The number of aromatic hydroxyl groups is 1. The molecule has 6 rings (SSSR count). The number of rotatable bonds is 6. The van der Waals surface area contributed by atoms with Crippen molar-refractivity contribution < 1.29 is 54.1 Å². The Morgan fingerprint density at radius 2 is 1.77 bits per heavy atom. The van der Waals surface area contributed by atoms with E-state index in [1.165, 1.54) is 29.2 Å². The summed E-state index contributed by atoms with van der Waals surface area (Å²) in [4.78, 5) is 43.6. The minimum Gasteiger partial charge on any atom is -0.507 e. The summed E-state index contributed by atoms with van der Waals surface area (Å²) in [7, 11) is 0. The Hall–Kier alpha value is -3.81. The third-order valence-corrected chi connectivity index (χ3v) is 8.75. The maximum absolute atomic E-state index is 14.5. The van der Waals surface area contributed by atoms with E-state index in [0.29, 0.717) is 17.5 Å². The van der Waals surface area contributed by atoms with Crippen molar-refractivity contribution in [2.75, 3.05) is 6.61 Å². The lowest BCUT2D eigenvalue weighted by atomic mass is 9.78. The zero-order valence-electron chi connectivity index (χ0n) is 23.8. The van der Waals surface area contributed by atoms with Crippen LogP contribution in [0, 0.1) is 12.8 Å². The Labute approximate surface area is 246 Å². The van der Waals surface area contributed by atoms with E-state index < -0.39 is 67.1 Å². The predicted molar refractivity (Wildman–Crippen MR) is 148 cm³/mol. The van der Waals surface area contributed by atoms with Gasteiger partial charge >= 0.3 is 5.97 Å². The van der Waals surface area contributed by atoms with Gasteiger partial charge in [-0.15, -0.1) is 0 Å². The van der Waals surface area contributed by atoms with Gasteiger partial charge in [0, 0.05) is 16.7 Å². The van der Waals surface area contributed by atoms with Crippen molar-refractivity contribution in [1.29, 1.82) is 0 Å². The Bertz CT molecular complexity index is 1550. The number of hydrogen-bond donors (Lipinski definition) is 5. The second-order valence-electron chi connectivity index (χ2n) is 11.6. The number of hydrogen-bond acceptors (Lipinski definition) is 12. The van der Waals surface area contributed by atoms with E-state index in [9.17, 15) is 39.9 Å². The molecule has 3 heterocycles. The molecule has 0 saturated carbocycles. The first-order valence-corrected chi connectivity index (χ1v) is 14.2. The van der Waals surface area contributed by atoms with Gasteiger partial charge in [0.1, 0.15) is 47.7 Å². The maximum atomic E-state index is 14.5. The summed E-state index contributed by atoms with van der Waals surface area (Å²) in [5, 5.41) is 51.6. The number of allylic oxidation sites excluding steroid dienone is 2. The fourth-order valence-electron chi connectivity index (χ4n) is 6.32. The number of ketones is 2. The molecule has 4 aliphatic rings. The average Bonchev–Trinajstić information content (AvgIpc) is 3.30. The number of nitrogens with zero attached hydrogens (tertiary/aromatic N) is 1. The lowest BCUT2D eigenvalue weighted by Gasteiger charge is -2.41. The highest BCUT2D eigenvalue weighted by Crippen LogP contribution is 2.52. The van der Waals surface area contributed by atoms with E-state index in [0.717, 1.165) is 6.42 Å². The molecule has 0 radical (unpaired) electrons. The van der Waals surface area contributed by atoms with Crippen LogP contribution in [0.25, 0.3) is 5.57 Å². The summed E-state index contributed by atoms with van der Waals surface area (Å²) < 4.78 is 17.1. The summed E-state index contributed by atoms with van der Waals surface area (Å²) in [6, 6.07) is 6.59. The Balaban J connectivity index is 1.50. The van der Waals surface area contributed by atoms with Gasteiger partial charge in [-0.25, -0.2) is 4.79 Å². The smallest absolute Gasteiger partial charge is 0.331 e. The van der Waals surface area contributed by atoms with Crippen LogP contribution in [0.15, 0.2) is 36.0 Å². The van der Waals surface area contributed by atoms with E-state index in [-0.39, 0.29) is 45.4 Å². The summed E-state index contributed by atoms with van der Waals surface area (Å²) in [6.07, 6.45) is -7.91. The van der Waals surface area contributed by atoms with Crippen LogP contribution in [-0.2, 0) is 14.3 Å². The number of benzene rings is 2. The minimum absolute atomic E-state index is 0.0415. The van der Waals surface area contributed by atoms with Gasteiger partial charge in [0.15, 0.2) is 5.78 Å². The molecule has 2 saturated heterocycles. The summed E-state index contributed by atoms with van der Waals surface area (Å²) in [5.74, 6) is -2.13. The Morgan fingerprint density at radius 1 is 1.02 bits per heavy atom. The number of aliphatic hydroxyl groups is 4. The first-order valence-electron chi connectivity index (χ1n) is 14.2. The fraction of sp³-hybridized carbons (Fsp3) is 0.452. The first-order chi connectivity index (χ1) is 20.5. The summed E-state index contributed by atoms with van der Waals surface area (Å²) in [6.45, 7) is 5.02. The standard InChI is InChI=1S/C31H33NO11/c1-4-12(2)9-16-30(40)43-29-15-8-13(3)10-17(34)20(15)22-23(32(16)29)26(37)21-14(24(22)35)6-5-7-18(21)41-31-28(39)27(38)25(36)19(11-33)42-31/h5-8,10,12,16,19,25,27-29,31,33-34,36,38-39H,4,9,11H2,1-3H3/t12?,16-,19?,25?,27?,28?,29?,31?/m1/s1. The average molecular weight is 596 g/mol. The number of esters is 1. The van der Waals surface area contributed by atoms with Gasteiger partial charge < -0.3 is 44.6 Å². The normalized spacial score (nSPS) is 30.3. The second-order valence-corrected chi connectivity index (χ2v) is 11.6. The molecule has 8 atom stereocenters. The molecular formula is C31H33NO11. The molecule has 2 aromatic carbocycles.